The van der Waals surface area contributed by atoms with Crippen LogP contribution in [0.4, 0.5) is 0 Å². The van der Waals surface area contributed by atoms with Crippen LogP contribution in [0.15, 0.2) is 0 Å². The summed E-state index contributed by atoms with van der Waals surface area (Å²) in [4.78, 5) is 0. The van der Waals surface area contributed by atoms with E-state index >= 15 is 0 Å². The Labute approximate surface area is 100 Å². The van der Waals surface area contributed by atoms with Gasteiger partial charge in [-0.3, -0.25) is 5.32 Å². The van der Waals surface area contributed by atoms with Crippen molar-refractivity contribution in [2.24, 2.45) is 5.41 Å². The molecule has 0 heterocycles. The molecular formula is C15H25N. The Morgan fingerprint density at radius 3 is 2.19 bits per heavy atom. The van der Waals surface area contributed by atoms with Crippen molar-refractivity contribution in [3.05, 3.63) is 0 Å². The van der Waals surface area contributed by atoms with Gasteiger partial charge in [-0.1, -0.05) is 18.8 Å². The smallest absolute Gasteiger partial charge is 0.0743 e. The third-order valence-corrected chi connectivity index (χ3v) is 4.64. The first-order valence-corrected chi connectivity index (χ1v) is 6.81. The number of terminal acetylenes is 1. The average molecular weight is 219 g/mol. The van der Waals surface area contributed by atoms with E-state index in [0.717, 1.165) is 5.41 Å². The maximum Gasteiger partial charge on any atom is 0.0743 e. The molecule has 0 bridgehead atoms. The second kappa shape index (κ2) is 4.41. The fraction of sp³-hybridized carbons (Fsp3) is 0.867. The Morgan fingerprint density at radius 1 is 1.12 bits per heavy atom. The second-order valence-corrected chi connectivity index (χ2v) is 6.40. The monoisotopic (exact) mass is 219 g/mol. The lowest BCUT2D eigenvalue weighted by molar-refractivity contribution is 0.159. The van der Waals surface area contributed by atoms with Crippen LogP contribution in [0.2, 0.25) is 0 Å². The molecule has 2 aliphatic rings. The molecule has 0 amide bonds. The van der Waals surface area contributed by atoms with Gasteiger partial charge in [0.15, 0.2) is 0 Å². The fourth-order valence-electron chi connectivity index (χ4n) is 3.55. The summed E-state index contributed by atoms with van der Waals surface area (Å²) in [6.45, 7) is 4.21. The van der Waals surface area contributed by atoms with E-state index in [-0.39, 0.29) is 5.54 Å². The fourth-order valence-corrected chi connectivity index (χ4v) is 3.55. The molecule has 0 saturated heterocycles. The average Bonchev–Trinajstić information content (AvgIpc) is 2.71. The molecule has 16 heavy (non-hydrogen) atoms. The van der Waals surface area contributed by atoms with E-state index in [0.29, 0.717) is 6.04 Å². The third kappa shape index (κ3) is 2.61. The highest BCUT2D eigenvalue weighted by Crippen LogP contribution is 2.48. The summed E-state index contributed by atoms with van der Waals surface area (Å²) in [5.41, 5.74) is 0.601. The van der Waals surface area contributed by atoms with Crippen molar-refractivity contribution in [3.63, 3.8) is 0 Å². The zero-order valence-electron chi connectivity index (χ0n) is 10.8. The van der Waals surface area contributed by atoms with Gasteiger partial charge in [-0.15, -0.1) is 6.42 Å². The molecule has 1 heteroatoms. The van der Waals surface area contributed by atoms with Gasteiger partial charge >= 0.3 is 0 Å². The van der Waals surface area contributed by atoms with E-state index in [1.54, 1.807) is 0 Å². The van der Waals surface area contributed by atoms with Gasteiger partial charge in [0, 0.05) is 6.04 Å². The van der Waals surface area contributed by atoms with Crippen LogP contribution in [0, 0.1) is 17.8 Å². The molecular weight excluding hydrogens is 194 g/mol. The van der Waals surface area contributed by atoms with E-state index in [2.05, 4.69) is 25.1 Å². The van der Waals surface area contributed by atoms with Crippen molar-refractivity contribution in [1.29, 1.82) is 0 Å². The summed E-state index contributed by atoms with van der Waals surface area (Å²) in [6.07, 6.45) is 16.9. The van der Waals surface area contributed by atoms with E-state index in [1.807, 2.05) is 0 Å². The summed E-state index contributed by atoms with van der Waals surface area (Å²) in [6, 6.07) is 0.650. The Kier molecular flexibility index (Phi) is 3.31. The van der Waals surface area contributed by atoms with Crippen LogP contribution in [0.3, 0.4) is 0 Å². The van der Waals surface area contributed by atoms with Crippen molar-refractivity contribution in [1.82, 2.24) is 5.32 Å². The van der Waals surface area contributed by atoms with Gasteiger partial charge in [-0.05, 0) is 57.8 Å². The van der Waals surface area contributed by atoms with Crippen molar-refractivity contribution < 1.29 is 0 Å². The van der Waals surface area contributed by atoms with Crippen LogP contribution >= 0.6 is 0 Å². The summed E-state index contributed by atoms with van der Waals surface area (Å²) in [5.74, 6) is 2.84. The van der Waals surface area contributed by atoms with Crippen LogP contribution in [0.1, 0.15) is 65.2 Å². The molecule has 2 saturated carbocycles. The maximum absolute atomic E-state index is 5.53. The molecule has 0 atom stereocenters. The van der Waals surface area contributed by atoms with Crippen molar-refractivity contribution in [2.75, 3.05) is 0 Å². The van der Waals surface area contributed by atoms with Gasteiger partial charge in [0.05, 0.1) is 5.54 Å². The number of hydrogen-bond donors (Lipinski definition) is 1. The number of hydrogen-bond acceptors (Lipinski definition) is 1. The summed E-state index contributed by atoms with van der Waals surface area (Å²) >= 11 is 0. The molecule has 90 valence electrons. The molecule has 1 N–H and O–H groups in total. The van der Waals surface area contributed by atoms with E-state index in [1.165, 1.54) is 51.4 Å². The molecule has 0 radical (unpaired) electrons. The van der Waals surface area contributed by atoms with Gasteiger partial charge in [0.2, 0.25) is 0 Å². The lowest BCUT2D eigenvalue weighted by Gasteiger charge is -2.39. The van der Waals surface area contributed by atoms with Gasteiger partial charge < -0.3 is 0 Å². The minimum Gasteiger partial charge on any atom is -0.299 e. The molecule has 0 aliphatic heterocycles. The maximum atomic E-state index is 5.53. The number of rotatable bonds is 2. The zero-order chi connectivity index (χ0) is 11.6. The molecule has 0 aromatic heterocycles. The second-order valence-electron chi connectivity index (χ2n) is 6.40. The minimum absolute atomic E-state index is 0.134. The van der Waals surface area contributed by atoms with Crippen molar-refractivity contribution in [2.45, 2.75) is 76.8 Å². The lowest BCUT2D eigenvalue weighted by atomic mass is 9.71. The topological polar surface area (TPSA) is 12.0 Å². The summed E-state index contributed by atoms with van der Waals surface area (Å²) < 4.78 is 0. The van der Waals surface area contributed by atoms with Crippen molar-refractivity contribution >= 4 is 0 Å². The van der Waals surface area contributed by atoms with Gasteiger partial charge in [-0.2, -0.15) is 0 Å². The molecule has 0 aromatic carbocycles. The Hall–Kier alpha value is -0.480. The third-order valence-electron chi connectivity index (χ3n) is 4.64. The highest BCUT2D eigenvalue weighted by molar-refractivity contribution is 5.09. The van der Waals surface area contributed by atoms with Crippen LogP contribution in [0.25, 0.3) is 0 Å². The predicted octanol–water partition coefficient (Wildman–Crippen LogP) is 3.49. The zero-order valence-corrected chi connectivity index (χ0v) is 10.8. The van der Waals surface area contributed by atoms with Gasteiger partial charge in [0.1, 0.15) is 0 Å². The molecule has 2 aliphatic carbocycles. The van der Waals surface area contributed by atoms with E-state index in [9.17, 15) is 0 Å². The molecule has 1 spiro atoms. The summed E-state index contributed by atoms with van der Waals surface area (Å²) in [5, 5.41) is 3.62. The van der Waals surface area contributed by atoms with Gasteiger partial charge in [0.25, 0.3) is 0 Å². The van der Waals surface area contributed by atoms with Crippen LogP contribution < -0.4 is 5.32 Å². The largest absolute Gasteiger partial charge is 0.299 e. The minimum atomic E-state index is -0.134. The number of nitrogens with one attached hydrogen (secondary N) is 1. The molecule has 0 aromatic rings. The molecule has 1 nitrogen and oxygen atoms in total. The highest BCUT2D eigenvalue weighted by Gasteiger charge is 2.38. The SMILES string of the molecule is C#CC(C)(C)NC1CCC2(CCCC2)CC1. The standard InChI is InChI=1S/C15H25N/c1-4-14(2,3)16-13-7-11-15(12-8-13)9-5-6-10-15/h1,13,16H,5-12H2,2-3H3. The van der Waals surface area contributed by atoms with Crippen LogP contribution in [-0.2, 0) is 0 Å². The Morgan fingerprint density at radius 2 is 1.69 bits per heavy atom. The highest BCUT2D eigenvalue weighted by atomic mass is 15.0. The molecule has 0 unspecified atom stereocenters. The molecule has 2 fully saturated rings. The Balaban J connectivity index is 1.84. The molecule has 2 rings (SSSR count). The van der Waals surface area contributed by atoms with E-state index in [4.69, 9.17) is 6.42 Å². The van der Waals surface area contributed by atoms with Crippen molar-refractivity contribution in [3.8, 4) is 12.3 Å². The first-order chi connectivity index (χ1) is 7.55. The van der Waals surface area contributed by atoms with Crippen LogP contribution in [0.5, 0.6) is 0 Å². The van der Waals surface area contributed by atoms with E-state index < -0.39 is 0 Å². The quantitative estimate of drug-likeness (QED) is 0.701. The van der Waals surface area contributed by atoms with Crippen LogP contribution in [-0.4, -0.2) is 11.6 Å². The Bertz CT molecular complexity index is 268. The first kappa shape index (κ1) is 12.0. The van der Waals surface area contributed by atoms with Gasteiger partial charge in [-0.25, -0.2) is 0 Å². The first-order valence-electron chi connectivity index (χ1n) is 6.81. The normalized spacial score (nSPS) is 25.8. The summed E-state index contributed by atoms with van der Waals surface area (Å²) in [7, 11) is 0. The predicted molar refractivity (Wildman–Crippen MR) is 69.2 cm³/mol. The lowest BCUT2D eigenvalue weighted by Crippen LogP contribution is -2.47.